The van der Waals surface area contributed by atoms with Gasteiger partial charge in [0.2, 0.25) is 5.91 Å². The molecule has 2 aromatic carbocycles. The normalized spacial score (nSPS) is 24.0. The maximum atomic E-state index is 13.7. The second-order valence-corrected chi connectivity index (χ2v) is 10.3. The fraction of sp³-hybridized carbons (Fsp3) is 0.444. The van der Waals surface area contributed by atoms with Crippen molar-refractivity contribution in [2.24, 2.45) is 13.0 Å². The highest BCUT2D eigenvalue weighted by Gasteiger charge is 2.52. The van der Waals surface area contributed by atoms with Crippen molar-refractivity contribution in [1.29, 1.82) is 0 Å². The van der Waals surface area contributed by atoms with Gasteiger partial charge in [-0.15, -0.1) is 0 Å². The molecule has 5 rings (SSSR count). The number of nitrogens with zero attached hydrogens (tertiary/aromatic N) is 4. The number of halogens is 7. The molecule has 2 fully saturated rings. The number of hydrogen-bond donors (Lipinski definition) is 0. The number of amides is 1. The molecule has 2 saturated heterocycles. The first-order valence-corrected chi connectivity index (χ1v) is 12.6. The average molecular weight is 571 g/mol. The van der Waals surface area contributed by atoms with E-state index in [1.165, 1.54) is 30.1 Å². The lowest BCUT2D eigenvalue weighted by molar-refractivity contribution is -0.143. The third-order valence-electron chi connectivity index (χ3n) is 7.54. The van der Waals surface area contributed by atoms with Crippen LogP contribution in [0.5, 0.6) is 0 Å². The Kier molecular flexibility index (Phi) is 7.13. The van der Waals surface area contributed by atoms with Crippen molar-refractivity contribution in [1.82, 2.24) is 19.7 Å². The minimum atomic E-state index is -4.99. The molecule has 0 aliphatic carbocycles. The topological polar surface area (TPSA) is 60.2 Å². The van der Waals surface area contributed by atoms with Gasteiger partial charge in [0.1, 0.15) is 12.1 Å². The average Bonchev–Trinajstić information content (AvgIpc) is 3.53. The summed E-state index contributed by atoms with van der Waals surface area (Å²) in [6, 6.07) is 6.60. The molecule has 2 unspecified atom stereocenters. The van der Waals surface area contributed by atoms with Crippen LogP contribution in [0.4, 0.5) is 30.7 Å². The minimum Gasteiger partial charge on any atom is -0.368 e. The van der Waals surface area contributed by atoms with Crippen molar-refractivity contribution in [3.63, 3.8) is 0 Å². The Morgan fingerprint density at radius 3 is 2.20 bits per heavy atom. The van der Waals surface area contributed by atoms with Gasteiger partial charge in [0.25, 0.3) is 0 Å². The highest BCUT2D eigenvalue weighted by molar-refractivity contribution is 5.82. The fourth-order valence-electron chi connectivity index (χ4n) is 5.71. The van der Waals surface area contributed by atoms with Crippen LogP contribution in [0.1, 0.15) is 53.4 Å². The molecule has 2 aliphatic heterocycles. The van der Waals surface area contributed by atoms with E-state index < -0.39 is 53.3 Å². The van der Waals surface area contributed by atoms with Crippen LogP contribution >= 0.6 is 0 Å². The van der Waals surface area contributed by atoms with E-state index in [0.29, 0.717) is 36.4 Å². The molecule has 0 spiro atoms. The lowest BCUT2D eigenvalue weighted by atomic mass is 9.86. The van der Waals surface area contributed by atoms with Gasteiger partial charge in [0.15, 0.2) is 5.82 Å². The molecule has 5 atom stereocenters. The van der Waals surface area contributed by atoms with Gasteiger partial charge in [-0.3, -0.25) is 9.48 Å². The van der Waals surface area contributed by atoms with Gasteiger partial charge in [-0.05, 0) is 54.8 Å². The van der Waals surface area contributed by atoms with Crippen LogP contribution in [-0.2, 0) is 35.4 Å². The smallest absolute Gasteiger partial charge is 0.368 e. The molecule has 0 saturated carbocycles. The van der Waals surface area contributed by atoms with E-state index in [9.17, 15) is 35.5 Å². The van der Waals surface area contributed by atoms with Crippen molar-refractivity contribution in [3.05, 3.63) is 82.7 Å². The zero-order chi connectivity index (χ0) is 29.0. The lowest BCUT2D eigenvalue weighted by Gasteiger charge is -2.27. The van der Waals surface area contributed by atoms with E-state index >= 15 is 0 Å². The number of rotatable bonds is 6. The van der Waals surface area contributed by atoms with Crippen LogP contribution < -0.4 is 0 Å². The van der Waals surface area contributed by atoms with Crippen LogP contribution in [0.3, 0.4) is 0 Å². The molecule has 6 nitrogen and oxygen atoms in total. The molecule has 13 heteroatoms. The Morgan fingerprint density at radius 1 is 1.02 bits per heavy atom. The number of aromatic nitrogens is 3. The number of ether oxygens (including phenoxy) is 1. The van der Waals surface area contributed by atoms with E-state index in [1.54, 1.807) is 24.1 Å². The number of fused-ring (bicyclic) bond motifs is 1. The predicted octanol–water partition coefficient (Wildman–Crippen LogP) is 5.70. The molecular weight excluding hydrogens is 545 g/mol. The van der Waals surface area contributed by atoms with Gasteiger partial charge < -0.3 is 9.64 Å². The van der Waals surface area contributed by atoms with Gasteiger partial charge >= 0.3 is 12.4 Å². The third-order valence-corrected chi connectivity index (χ3v) is 7.54. The number of alkyl halides is 6. The Hall–Kier alpha value is -3.48. The van der Waals surface area contributed by atoms with E-state index in [2.05, 4.69) is 10.1 Å². The Morgan fingerprint density at radius 2 is 1.65 bits per heavy atom. The summed E-state index contributed by atoms with van der Waals surface area (Å²) >= 11 is 0. The second kappa shape index (κ2) is 10.2. The quantitative estimate of drug-likeness (QED) is 0.357. The number of hydrogen-bond acceptors (Lipinski definition) is 4. The molecule has 1 aromatic heterocycles. The molecular formula is C27H25F7N4O2. The molecule has 40 heavy (non-hydrogen) atoms. The molecule has 2 aliphatic rings. The van der Waals surface area contributed by atoms with Gasteiger partial charge in [0.05, 0.1) is 23.3 Å². The predicted molar refractivity (Wildman–Crippen MR) is 127 cm³/mol. The highest BCUT2D eigenvalue weighted by atomic mass is 19.4. The summed E-state index contributed by atoms with van der Waals surface area (Å²) in [5, 5.41) is 4.23. The zero-order valence-corrected chi connectivity index (χ0v) is 21.4. The lowest BCUT2D eigenvalue weighted by Crippen LogP contribution is -2.31. The van der Waals surface area contributed by atoms with Gasteiger partial charge in [-0.2, -0.15) is 31.4 Å². The summed E-state index contributed by atoms with van der Waals surface area (Å²) in [6.45, 7) is 1.45. The summed E-state index contributed by atoms with van der Waals surface area (Å²) in [7, 11) is 1.71. The standard InChI is InChI=1S/C27H25F7N4O2/c1-14(16-7-18(26(29,30)31)11-19(8-16)27(32,33)34)40-22-12-38-21(24(22)15-3-5-20(28)6-4-15)9-17(25(38)39)10-23-35-13-37(2)36-23/h3-8,11,13-14,17,21-22,24H,9-10,12H2,1-2H3/t14-,17?,21?,22+,24+/m1/s1. The molecule has 0 radical (unpaired) electrons. The van der Waals surface area contributed by atoms with Crippen molar-refractivity contribution in [2.45, 2.75) is 56.3 Å². The molecule has 3 heterocycles. The van der Waals surface area contributed by atoms with E-state index in [-0.39, 0.29) is 30.1 Å². The van der Waals surface area contributed by atoms with E-state index in [1.807, 2.05) is 0 Å². The van der Waals surface area contributed by atoms with Crippen molar-refractivity contribution in [3.8, 4) is 0 Å². The van der Waals surface area contributed by atoms with Gasteiger partial charge in [0, 0.05) is 37.9 Å². The van der Waals surface area contributed by atoms with Crippen molar-refractivity contribution >= 4 is 5.91 Å². The van der Waals surface area contributed by atoms with Crippen LogP contribution in [-0.4, -0.2) is 44.3 Å². The molecule has 1 amide bonds. The van der Waals surface area contributed by atoms with Crippen molar-refractivity contribution < 1.29 is 40.3 Å². The number of aryl methyl sites for hydroxylation is 1. The minimum absolute atomic E-state index is 0.0679. The Labute approximate surface area is 224 Å². The Balaban J connectivity index is 1.43. The molecule has 214 valence electrons. The number of carbonyl (C=O) groups excluding carboxylic acids is 1. The first-order chi connectivity index (χ1) is 18.7. The molecule has 0 bridgehead atoms. The highest BCUT2D eigenvalue weighted by Crippen LogP contribution is 2.46. The SMILES string of the molecule is C[C@@H](O[C@H]1CN2C(=O)C(Cc3ncn(C)n3)CC2[C@@H]1c1ccc(F)cc1)c1cc(C(F)(F)F)cc(C(F)(F)F)c1. The summed E-state index contributed by atoms with van der Waals surface area (Å²) in [4.78, 5) is 19.2. The monoisotopic (exact) mass is 570 g/mol. The van der Waals surface area contributed by atoms with Gasteiger partial charge in [-0.25, -0.2) is 9.37 Å². The third kappa shape index (κ3) is 5.56. The summed E-state index contributed by atoms with van der Waals surface area (Å²) < 4.78 is 102. The maximum absolute atomic E-state index is 13.7. The largest absolute Gasteiger partial charge is 0.416 e. The summed E-state index contributed by atoms with van der Waals surface area (Å²) in [5.41, 5.74) is -2.51. The molecule has 0 N–H and O–H groups in total. The second-order valence-electron chi connectivity index (χ2n) is 10.3. The van der Waals surface area contributed by atoms with Crippen LogP contribution in [0.15, 0.2) is 48.8 Å². The summed E-state index contributed by atoms with van der Waals surface area (Å²) in [6.07, 6.45) is -9.66. The van der Waals surface area contributed by atoms with Crippen LogP contribution in [0.2, 0.25) is 0 Å². The number of benzene rings is 2. The maximum Gasteiger partial charge on any atom is 0.416 e. The number of carbonyl (C=O) groups is 1. The van der Waals surface area contributed by atoms with E-state index in [4.69, 9.17) is 4.74 Å². The first-order valence-electron chi connectivity index (χ1n) is 12.6. The van der Waals surface area contributed by atoms with Crippen LogP contribution in [0.25, 0.3) is 0 Å². The fourth-order valence-corrected chi connectivity index (χ4v) is 5.71. The van der Waals surface area contributed by atoms with E-state index in [0.717, 1.165) is 0 Å². The zero-order valence-electron chi connectivity index (χ0n) is 21.4. The Bertz CT molecular complexity index is 1350. The summed E-state index contributed by atoms with van der Waals surface area (Å²) in [5.74, 6) is -1.03. The van der Waals surface area contributed by atoms with Crippen molar-refractivity contribution in [2.75, 3.05) is 6.54 Å². The van der Waals surface area contributed by atoms with Gasteiger partial charge in [-0.1, -0.05) is 12.1 Å². The van der Waals surface area contributed by atoms with Crippen LogP contribution in [0, 0.1) is 11.7 Å². The molecule has 3 aromatic rings. The first kappa shape index (κ1) is 28.1.